The molecule has 0 N–H and O–H groups in total. The molecule has 1 heterocycles. The van der Waals surface area contributed by atoms with Gasteiger partial charge in [-0.3, -0.25) is 0 Å². The maximum Gasteiger partial charge on any atom is 0.330 e. The number of rotatable bonds is 8. The average molecular weight is 264 g/mol. The van der Waals surface area contributed by atoms with Crippen molar-refractivity contribution in [3.8, 4) is 0 Å². The van der Waals surface area contributed by atoms with Gasteiger partial charge in [0.15, 0.2) is 0 Å². The molecule has 0 aromatic carbocycles. The lowest BCUT2D eigenvalue weighted by atomic mass is 10.3. The van der Waals surface area contributed by atoms with Crippen molar-refractivity contribution in [2.45, 2.75) is 33.1 Å². The molecule has 0 unspecified atom stereocenters. The van der Waals surface area contributed by atoms with Gasteiger partial charge < -0.3 is 14.5 Å². The fraction of sp³-hybridized carbons (Fsp3) is 0.533. The van der Waals surface area contributed by atoms with Crippen LogP contribution in [0.5, 0.6) is 0 Å². The largest absolute Gasteiger partial charge is 0.433 e. The van der Waals surface area contributed by atoms with Crippen LogP contribution < -0.4 is 0 Å². The minimum absolute atomic E-state index is 0.233. The van der Waals surface area contributed by atoms with Crippen LogP contribution in [0.1, 0.15) is 33.1 Å². The van der Waals surface area contributed by atoms with E-state index < -0.39 is 0 Å². The number of ether oxygens (including phenoxy) is 1. The monoisotopic (exact) mass is 264 g/mol. The van der Waals surface area contributed by atoms with E-state index in [1.807, 2.05) is 29.5 Å². The fourth-order valence-electron chi connectivity index (χ4n) is 1.70. The summed E-state index contributed by atoms with van der Waals surface area (Å²) in [4.78, 5) is 15.7. The van der Waals surface area contributed by atoms with E-state index in [4.69, 9.17) is 4.74 Å². The molecular formula is C15H24N2O2. The average Bonchev–Trinajstić information content (AvgIpc) is 2.83. The lowest BCUT2D eigenvalue weighted by Gasteiger charge is -2.19. The number of hydrogen-bond acceptors (Lipinski definition) is 4. The maximum atomic E-state index is 11.6. The van der Waals surface area contributed by atoms with Gasteiger partial charge in [0.25, 0.3) is 0 Å². The van der Waals surface area contributed by atoms with E-state index in [0.29, 0.717) is 6.54 Å². The van der Waals surface area contributed by atoms with Crippen molar-refractivity contribution in [1.82, 2.24) is 9.80 Å². The molecular weight excluding hydrogens is 240 g/mol. The van der Waals surface area contributed by atoms with Crippen LogP contribution in [0.25, 0.3) is 0 Å². The molecule has 106 valence electrons. The Balaban J connectivity index is 2.18. The first-order valence-electron chi connectivity index (χ1n) is 6.93. The number of hydrogen-bond donors (Lipinski definition) is 0. The molecule has 0 fully saturated rings. The number of unbranched alkanes of at least 4 members (excludes halogenated alkanes) is 1. The van der Waals surface area contributed by atoms with Crippen LogP contribution >= 0.6 is 0 Å². The zero-order chi connectivity index (χ0) is 13.9. The minimum atomic E-state index is -0.233. The van der Waals surface area contributed by atoms with Crippen molar-refractivity contribution in [2.75, 3.05) is 19.8 Å². The summed E-state index contributed by atoms with van der Waals surface area (Å²) in [5.74, 6) is -0.233. The second kappa shape index (κ2) is 9.25. The molecule has 0 amide bonds. The zero-order valence-electron chi connectivity index (χ0n) is 11.9. The van der Waals surface area contributed by atoms with E-state index in [9.17, 15) is 4.79 Å². The van der Waals surface area contributed by atoms with Gasteiger partial charge in [0.2, 0.25) is 0 Å². The molecule has 1 rings (SSSR count). The van der Waals surface area contributed by atoms with Crippen LogP contribution in [0, 0.1) is 0 Å². The van der Waals surface area contributed by atoms with E-state index in [1.54, 1.807) is 6.08 Å². The van der Waals surface area contributed by atoms with Crippen LogP contribution in [-0.2, 0) is 9.53 Å². The van der Waals surface area contributed by atoms with E-state index in [1.165, 1.54) is 19.1 Å². The third-order valence-corrected chi connectivity index (χ3v) is 2.74. The molecule has 0 saturated heterocycles. The third kappa shape index (κ3) is 6.70. The summed E-state index contributed by atoms with van der Waals surface area (Å²) in [5.41, 5.74) is 0. The van der Waals surface area contributed by atoms with Gasteiger partial charge in [0, 0.05) is 18.9 Å². The molecule has 4 heteroatoms. The van der Waals surface area contributed by atoms with Crippen molar-refractivity contribution in [1.29, 1.82) is 0 Å². The summed E-state index contributed by atoms with van der Waals surface area (Å²) in [6, 6.07) is 0. The van der Waals surface area contributed by atoms with Crippen molar-refractivity contribution in [3.63, 3.8) is 0 Å². The Morgan fingerprint density at radius 1 is 1.26 bits per heavy atom. The van der Waals surface area contributed by atoms with Gasteiger partial charge in [-0.25, -0.2) is 4.79 Å². The summed E-state index contributed by atoms with van der Waals surface area (Å²) in [6.07, 6.45) is 14.3. The normalized spacial score (nSPS) is 15.1. The number of carbonyl (C=O) groups is 1. The van der Waals surface area contributed by atoms with Crippen molar-refractivity contribution in [3.05, 3.63) is 36.9 Å². The molecule has 4 nitrogen and oxygen atoms in total. The Bertz CT molecular complexity index is 348. The molecule has 0 bridgehead atoms. The van der Waals surface area contributed by atoms with E-state index in [2.05, 4.69) is 18.7 Å². The Hall–Kier alpha value is -1.71. The van der Waals surface area contributed by atoms with Crippen LogP contribution in [0.2, 0.25) is 0 Å². The highest BCUT2D eigenvalue weighted by molar-refractivity contribution is 5.72. The Kier molecular flexibility index (Phi) is 7.47. The lowest BCUT2D eigenvalue weighted by Crippen LogP contribution is -2.30. The third-order valence-electron chi connectivity index (χ3n) is 2.74. The number of esters is 1. The van der Waals surface area contributed by atoms with Crippen molar-refractivity contribution < 1.29 is 9.53 Å². The summed E-state index contributed by atoms with van der Waals surface area (Å²) in [6.45, 7) is 6.34. The first-order chi connectivity index (χ1) is 9.26. The highest BCUT2D eigenvalue weighted by Gasteiger charge is 2.14. The Morgan fingerprint density at radius 3 is 2.79 bits per heavy atom. The molecule has 1 aliphatic rings. The van der Waals surface area contributed by atoms with Gasteiger partial charge >= 0.3 is 5.97 Å². The van der Waals surface area contributed by atoms with Crippen molar-refractivity contribution in [2.24, 2.45) is 0 Å². The molecule has 0 aliphatic carbocycles. The van der Waals surface area contributed by atoms with Crippen LogP contribution in [0.15, 0.2) is 36.9 Å². The predicted molar refractivity (Wildman–Crippen MR) is 77.0 cm³/mol. The first-order valence-corrected chi connectivity index (χ1v) is 6.93. The minimum Gasteiger partial charge on any atom is -0.433 e. The summed E-state index contributed by atoms with van der Waals surface area (Å²) in [5, 5.41) is 0. The molecule has 0 aromatic heterocycles. The predicted octanol–water partition coefficient (Wildman–Crippen LogP) is 2.86. The molecule has 0 aromatic rings. The second-order valence-corrected chi connectivity index (χ2v) is 4.51. The van der Waals surface area contributed by atoms with Crippen LogP contribution in [0.3, 0.4) is 0 Å². The first kappa shape index (κ1) is 15.3. The van der Waals surface area contributed by atoms with Gasteiger partial charge in [0.05, 0.1) is 12.9 Å². The summed E-state index contributed by atoms with van der Waals surface area (Å²) in [7, 11) is 0. The molecule has 0 atom stereocenters. The van der Waals surface area contributed by atoms with Gasteiger partial charge in [0.1, 0.15) is 6.54 Å². The fourth-order valence-corrected chi connectivity index (χ4v) is 1.70. The standard InChI is InChI=1S/C15H24N2O2/c1-3-5-7-8-12-19-15(18)13-17-11-10-16(14-17)9-6-4-2/h5,7-8,10-12H,3-4,6,9,13-14H2,1-2H3/b7-5+,12-8+. The number of allylic oxidation sites excluding steroid dienone is 3. The van der Waals surface area contributed by atoms with Gasteiger partial charge in [-0.1, -0.05) is 32.4 Å². The molecule has 19 heavy (non-hydrogen) atoms. The van der Waals surface area contributed by atoms with Gasteiger partial charge in [-0.2, -0.15) is 0 Å². The van der Waals surface area contributed by atoms with Gasteiger partial charge in [-0.05, 0) is 18.9 Å². The highest BCUT2D eigenvalue weighted by atomic mass is 16.5. The Labute approximate surface area is 116 Å². The van der Waals surface area contributed by atoms with Crippen molar-refractivity contribution >= 4 is 5.97 Å². The summed E-state index contributed by atoms with van der Waals surface area (Å²) < 4.78 is 5.00. The second-order valence-electron chi connectivity index (χ2n) is 4.51. The van der Waals surface area contributed by atoms with Crippen LogP contribution in [0.4, 0.5) is 0 Å². The van der Waals surface area contributed by atoms with E-state index in [0.717, 1.165) is 19.6 Å². The summed E-state index contributed by atoms with van der Waals surface area (Å²) >= 11 is 0. The highest BCUT2D eigenvalue weighted by Crippen LogP contribution is 2.07. The van der Waals surface area contributed by atoms with E-state index >= 15 is 0 Å². The number of nitrogens with zero attached hydrogens (tertiary/aromatic N) is 2. The van der Waals surface area contributed by atoms with Crippen LogP contribution in [-0.4, -0.2) is 35.5 Å². The molecule has 0 radical (unpaired) electrons. The van der Waals surface area contributed by atoms with E-state index in [-0.39, 0.29) is 5.97 Å². The quantitative estimate of drug-likeness (QED) is 0.383. The Morgan fingerprint density at radius 2 is 2.05 bits per heavy atom. The smallest absolute Gasteiger partial charge is 0.330 e. The van der Waals surface area contributed by atoms with Gasteiger partial charge in [-0.15, -0.1) is 0 Å². The zero-order valence-corrected chi connectivity index (χ0v) is 11.9. The number of carbonyl (C=O) groups excluding carboxylic acids is 1. The lowest BCUT2D eigenvalue weighted by molar-refractivity contribution is -0.138. The maximum absolute atomic E-state index is 11.6. The molecule has 0 saturated carbocycles. The topological polar surface area (TPSA) is 32.8 Å². The molecule has 1 aliphatic heterocycles. The molecule has 0 spiro atoms. The SMILES string of the molecule is CC/C=C/C=C/OC(=O)CN1C=CN(CCCC)C1.